The summed E-state index contributed by atoms with van der Waals surface area (Å²) in [7, 11) is 0. The van der Waals surface area contributed by atoms with E-state index in [1.165, 1.54) is 30.4 Å². The van der Waals surface area contributed by atoms with Crippen LogP contribution in [0.5, 0.6) is 0 Å². The lowest BCUT2D eigenvalue weighted by Crippen LogP contribution is -2.34. The average molecular weight is 232 g/mol. The van der Waals surface area contributed by atoms with Crippen LogP contribution in [0.2, 0.25) is 0 Å². The zero-order chi connectivity index (χ0) is 12.1. The topological polar surface area (TPSA) is 24.1 Å². The van der Waals surface area contributed by atoms with Crippen molar-refractivity contribution in [3.8, 4) is 0 Å². The van der Waals surface area contributed by atoms with E-state index < -0.39 is 0 Å². The van der Waals surface area contributed by atoms with E-state index in [1.807, 2.05) is 0 Å². The zero-order valence-corrected chi connectivity index (χ0v) is 11.1. The Morgan fingerprint density at radius 1 is 1.29 bits per heavy atom. The van der Waals surface area contributed by atoms with E-state index in [2.05, 4.69) is 42.7 Å². The summed E-state index contributed by atoms with van der Waals surface area (Å²) in [5.74, 6) is 0. The molecule has 1 atom stereocenters. The molecule has 2 heteroatoms. The van der Waals surface area contributed by atoms with E-state index in [0.29, 0.717) is 6.04 Å². The molecule has 0 radical (unpaired) electrons. The van der Waals surface area contributed by atoms with Crippen molar-refractivity contribution in [2.45, 2.75) is 52.2 Å². The number of hydrogen-bond donors (Lipinski definition) is 2. The normalized spacial score (nSPS) is 19.1. The molecule has 1 aromatic carbocycles. The van der Waals surface area contributed by atoms with Gasteiger partial charge in [-0.15, -0.1) is 0 Å². The smallest absolute Gasteiger partial charge is 0.0210 e. The van der Waals surface area contributed by atoms with Crippen molar-refractivity contribution in [3.63, 3.8) is 0 Å². The Morgan fingerprint density at radius 2 is 2.18 bits per heavy atom. The van der Waals surface area contributed by atoms with Gasteiger partial charge in [0.15, 0.2) is 0 Å². The van der Waals surface area contributed by atoms with Gasteiger partial charge in [0.25, 0.3) is 0 Å². The van der Waals surface area contributed by atoms with Gasteiger partial charge in [-0.1, -0.05) is 32.0 Å². The second kappa shape index (κ2) is 6.18. The van der Waals surface area contributed by atoms with Crippen molar-refractivity contribution < 1.29 is 0 Å². The van der Waals surface area contributed by atoms with Gasteiger partial charge in [0, 0.05) is 19.1 Å². The van der Waals surface area contributed by atoms with Crippen molar-refractivity contribution in [1.82, 2.24) is 10.6 Å². The van der Waals surface area contributed by atoms with Crippen LogP contribution < -0.4 is 10.6 Å². The van der Waals surface area contributed by atoms with E-state index in [-0.39, 0.29) is 0 Å². The Kier molecular flexibility index (Phi) is 4.57. The highest BCUT2D eigenvalue weighted by molar-refractivity contribution is 5.34. The summed E-state index contributed by atoms with van der Waals surface area (Å²) in [6.45, 7) is 7.62. The van der Waals surface area contributed by atoms with Gasteiger partial charge < -0.3 is 10.6 Å². The van der Waals surface area contributed by atoms with E-state index in [4.69, 9.17) is 0 Å². The van der Waals surface area contributed by atoms with Crippen LogP contribution in [0, 0.1) is 0 Å². The second-order valence-electron chi connectivity index (χ2n) is 4.97. The summed E-state index contributed by atoms with van der Waals surface area (Å²) in [6.07, 6.45) is 3.61. The van der Waals surface area contributed by atoms with Gasteiger partial charge in [0.05, 0.1) is 0 Å². The van der Waals surface area contributed by atoms with Gasteiger partial charge in [0.1, 0.15) is 0 Å². The molecule has 0 spiro atoms. The standard InChI is InChI=1S/C15H24N2/c1-3-7-16-10-12-5-6-13-11-17-15(4-2)9-14(13)8-12/h5-6,8,15-17H,3-4,7,9-11H2,1-2H3. The van der Waals surface area contributed by atoms with Crippen LogP contribution >= 0.6 is 0 Å². The maximum absolute atomic E-state index is 3.58. The van der Waals surface area contributed by atoms with Crippen molar-refractivity contribution >= 4 is 0 Å². The van der Waals surface area contributed by atoms with Crippen LogP contribution in [0.15, 0.2) is 18.2 Å². The lowest BCUT2D eigenvalue weighted by molar-refractivity contribution is 0.467. The molecule has 1 heterocycles. The Balaban J connectivity index is 2.02. The van der Waals surface area contributed by atoms with E-state index >= 15 is 0 Å². The summed E-state index contributed by atoms with van der Waals surface area (Å²) in [5.41, 5.74) is 4.45. The quantitative estimate of drug-likeness (QED) is 0.763. The van der Waals surface area contributed by atoms with Gasteiger partial charge in [0.2, 0.25) is 0 Å². The number of fused-ring (bicyclic) bond motifs is 1. The summed E-state index contributed by atoms with van der Waals surface area (Å²) >= 11 is 0. The van der Waals surface area contributed by atoms with Gasteiger partial charge in [-0.05, 0) is 42.5 Å². The molecule has 1 unspecified atom stereocenters. The molecular formula is C15H24N2. The Hall–Kier alpha value is -0.860. The highest BCUT2D eigenvalue weighted by Crippen LogP contribution is 2.19. The first-order valence-electron chi connectivity index (χ1n) is 6.88. The summed E-state index contributed by atoms with van der Waals surface area (Å²) < 4.78 is 0. The highest BCUT2D eigenvalue weighted by atomic mass is 14.9. The Labute approximate surface area is 105 Å². The Bertz CT molecular complexity index is 360. The molecule has 17 heavy (non-hydrogen) atoms. The first-order chi connectivity index (χ1) is 8.33. The van der Waals surface area contributed by atoms with Crippen LogP contribution in [-0.2, 0) is 19.5 Å². The van der Waals surface area contributed by atoms with Crippen molar-refractivity contribution in [3.05, 3.63) is 34.9 Å². The SMILES string of the molecule is CCCNCc1ccc2c(c1)CC(CC)NC2. The molecule has 0 amide bonds. The molecule has 0 fully saturated rings. The molecule has 0 aromatic heterocycles. The minimum absolute atomic E-state index is 0.668. The third-order valence-corrected chi connectivity index (χ3v) is 3.57. The molecule has 2 rings (SSSR count). The summed E-state index contributed by atoms with van der Waals surface area (Å²) in [6, 6.07) is 7.61. The second-order valence-corrected chi connectivity index (χ2v) is 4.97. The lowest BCUT2D eigenvalue weighted by atomic mass is 9.93. The minimum Gasteiger partial charge on any atom is -0.313 e. The van der Waals surface area contributed by atoms with Crippen LogP contribution in [0.4, 0.5) is 0 Å². The summed E-state index contributed by atoms with van der Waals surface area (Å²) in [4.78, 5) is 0. The molecule has 1 aliphatic heterocycles. The first-order valence-corrected chi connectivity index (χ1v) is 6.88. The first kappa shape index (κ1) is 12.6. The maximum atomic E-state index is 3.58. The third-order valence-electron chi connectivity index (χ3n) is 3.57. The Morgan fingerprint density at radius 3 is 2.94 bits per heavy atom. The van der Waals surface area contributed by atoms with Gasteiger partial charge in [-0.25, -0.2) is 0 Å². The molecule has 2 N–H and O–H groups in total. The van der Waals surface area contributed by atoms with Gasteiger partial charge >= 0.3 is 0 Å². The van der Waals surface area contributed by atoms with Gasteiger partial charge in [-0.3, -0.25) is 0 Å². The molecule has 0 saturated carbocycles. The number of rotatable bonds is 5. The van der Waals surface area contributed by atoms with Gasteiger partial charge in [-0.2, -0.15) is 0 Å². The van der Waals surface area contributed by atoms with E-state index in [0.717, 1.165) is 19.6 Å². The van der Waals surface area contributed by atoms with Crippen LogP contribution in [-0.4, -0.2) is 12.6 Å². The van der Waals surface area contributed by atoms with Crippen LogP contribution in [0.1, 0.15) is 43.4 Å². The fourth-order valence-corrected chi connectivity index (χ4v) is 2.44. The predicted molar refractivity (Wildman–Crippen MR) is 73.1 cm³/mol. The van der Waals surface area contributed by atoms with E-state index in [9.17, 15) is 0 Å². The largest absolute Gasteiger partial charge is 0.313 e. The van der Waals surface area contributed by atoms with Crippen LogP contribution in [0.25, 0.3) is 0 Å². The molecule has 1 aliphatic rings. The molecule has 0 saturated heterocycles. The number of hydrogen-bond acceptors (Lipinski definition) is 2. The molecular weight excluding hydrogens is 208 g/mol. The lowest BCUT2D eigenvalue weighted by Gasteiger charge is -2.25. The number of nitrogens with one attached hydrogen (secondary N) is 2. The molecule has 94 valence electrons. The van der Waals surface area contributed by atoms with Crippen LogP contribution in [0.3, 0.4) is 0 Å². The monoisotopic (exact) mass is 232 g/mol. The number of benzene rings is 1. The van der Waals surface area contributed by atoms with Crippen molar-refractivity contribution in [1.29, 1.82) is 0 Å². The molecule has 2 nitrogen and oxygen atoms in total. The third kappa shape index (κ3) is 3.30. The maximum Gasteiger partial charge on any atom is 0.0210 e. The minimum atomic E-state index is 0.668. The molecule has 1 aromatic rings. The predicted octanol–water partition coefficient (Wildman–Crippen LogP) is 2.61. The molecule has 0 aliphatic carbocycles. The fourth-order valence-electron chi connectivity index (χ4n) is 2.44. The average Bonchev–Trinajstić information content (AvgIpc) is 2.38. The molecule has 0 bridgehead atoms. The summed E-state index contributed by atoms with van der Waals surface area (Å²) in [5, 5.41) is 7.05. The van der Waals surface area contributed by atoms with Crippen molar-refractivity contribution in [2.24, 2.45) is 0 Å². The zero-order valence-electron chi connectivity index (χ0n) is 11.1. The van der Waals surface area contributed by atoms with E-state index in [1.54, 1.807) is 5.56 Å². The van der Waals surface area contributed by atoms with Crippen molar-refractivity contribution in [2.75, 3.05) is 6.54 Å². The fraction of sp³-hybridized carbons (Fsp3) is 0.600. The highest BCUT2D eigenvalue weighted by Gasteiger charge is 2.16.